The minimum Gasteiger partial charge on any atom is -0.385 e. The molecule has 0 saturated heterocycles. The van der Waals surface area contributed by atoms with E-state index in [1.807, 2.05) is 4.68 Å². The van der Waals surface area contributed by atoms with Gasteiger partial charge in [0.1, 0.15) is 3.70 Å². The van der Waals surface area contributed by atoms with Crippen LogP contribution in [0.1, 0.15) is 12.0 Å². The molecule has 0 aliphatic heterocycles. The van der Waals surface area contributed by atoms with Crippen LogP contribution in [0.3, 0.4) is 0 Å². The molecule has 1 aromatic heterocycles. The predicted molar refractivity (Wildman–Crippen MR) is 56.2 cm³/mol. The highest BCUT2D eigenvalue weighted by atomic mass is 127. The van der Waals surface area contributed by atoms with Gasteiger partial charge in [0.2, 0.25) is 0 Å². The molecule has 12 heavy (non-hydrogen) atoms. The Balaban J connectivity index is 2.42. The fourth-order valence-electron chi connectivity index (χ4n) is 0.983. The Bertz CT molecular complexity index is 228. The van der Waals surface area contributed by atoms with Gasteiger partial charge in [0.15, 0.2) is 0 Å². The number of nitrogens with zero attached hydrogens (tertiary/aromatic N) is 2. The Morgan fingerprint density at radius 3 is 2.92 bits per heavy atom. The summed E-state index contributed by atoms with van der Waals surface area (Å²) in [5.41, 5.74) is 1.24. The first-order chi connectivity index (χ1) is 5.74. The third kappa shape index (κ3) is 2.75. The third-order valence-corrected chi connectivity index (χ3v) is 2.69. The van der Waals surface area contributed by atoms with E-state index in [4.69, 9.17) is 4.74 Å². The van der Waals surface area contributed by atoms with Crippen LogP contribution in [0.4, 0.5) is 0 Å². The number of aromatic nitrogens is 2. The minimum atomic E-state index is 0.801. The summed E-state index contributed by atoms with van der Waals surface area (Å²) in [7, 11) is 1.72. The molecule has 0 unspecified atom stereocenters. The zero-order valence-electron chi connectivity index (χ0n) is 7.38. The van der Waals surface area contributed by atoms with Crippen LogP contribution in [0, 0.1) is 10.6 Å². The molecule has 1 heterocycles. The molecule has 0 amide bonds. The molecule has 0 spiro atoms. The van der Waals surface area contributed by atoms with Crippen LogP contribution >= 0.6 is 22.6 Å². The number of hydrogen-bond acceptors (Lipinski definition) is 2. The van der Waals surface area contributed by atoms with Crippen molar-refractivity contribution in [2.75, 3.05) is 13.7 Å². The Morgan fingerprint density at radius 1 is 1.67 bits per heavy atom. The molecule has 0 saturated carbocycles. The molecule has 0 aromatic carbocycles. The Kier molecular flexibility index (Phi) is 4.00. The maximum Gasteiger partial charge on any atom is 0.126 e. The summed E-state index contributed by atoms with van der Waals surface area (Å²) in [6.07, 6.45) is 3.09. The second-order valence-electron chi connectivity index (χ2n) is 2.71. The van der Waals surface area contributed by atoms with Crippen LogP contribution in [0.15, 0.2) is 6.20 Å². The van der Waals surface area contributed by atoms with Crippen molar-refractivity contribution in [1.29, 1.82) is 0 Å². The lowest BCUT2D eigenvalue weighted by Crippen LogP contribution is -2.01. The van der Waals surface area contributed by atoms with Gasteiger partial charge >= 0.3 is 0 Å². The lowest BCUT2D eigenvalue weighted by atomic mass is 10.4. The highest BCUT2D eigenvalue weighted by Gasteiger charge is 1.99. The van der Waals surface area contributed by atoms with E-state index in [1.54, 1.807) is 7.11 Å². The summed E-state index contributed by atoms with van der Waals surface area (Å²) in [4.78, 5) is 0. The van der Waals surface area contributed by atoms with E-state index in [2.05, 4.69) is 40.8 Å². The van der Waals surface area contributed by atoms with Crippen molar-refractivity contribution in [1.82, 2.24) is 9.78 Å². The molecule has 1 rings (SSSR count). The zero-order valence-corrected chi connectivity index (χ0v) is 9.54. The van der Waals surface area contributed by atoms with Crippen LogP contribution in [-0.4, -0.2) is 23.5 Å². The topological polar surface area (TPSA) is 27.1 Å². The van der Waals surface area contributed by atoms with Gasteiger partial charge in [-0.1, -0.05) is 0 Å². The zero-order chi connectivity index (χ0) is 8.97. The molecule has 1 aromatic rings. The fraction of sp³-hybridized carbons (Fsp3) is 0.625. The van der Waals surface area contributed by atoms with Crippen LogP contribution in [0.5, 0.6) is 0 Å². The quantitative estimate of drug-likeness (QED) is 0.621. The van der Waals surface area contributed by atoms with E-state index < -0.39 is 0 Å². The number of ether oxygens (including phenoxy) is 1. The standard InChI is InChI=1S/C8H13IN2O/c1-7-6-11(10-8(7)9)4-3-5-12-2/h6H,3-5H2,1-2H3. The Hall–Kier alpha value is -0.100. The monoisotopic (exact) mass is 280 g/mol. The molecule has 3 nitrogen and oxygen atoms in total. The van der Waals surface area contributed by atoms with Crippen molar-refractivity contribution in [2.24, 2.45) is 0 Å². The molecule has 0 N–H and O–H groups in total. The second-order valence-corrected chi connectivity index (χ2v) is 3.73. The highest BCUT2D eigenvalue weighted by molar-refractivity contribution is 14.1. The van der Waals surface area contributed by atoms with Crippen LogP contribution in [-0.2, 0) is 11.3 Å². The Labute approximate surface area is 86.2 Å². The smallest absolute Gasteiger partial charge is 0.126 e. The number of rotatable bonds is 4. The van der Waals surface area contributed by atoms with E-state index in [-0.39, 0.29) is 0 Å². The molecule has 68 valence electrons. The maximum absolute atomic E-state index is 4.96. The molecule has 0 fully saturated rings. The van der Waals surface area contributed by atoms with Crippen LogP contribution in [0.25, 0.3) is 0 Å². The van der Waals surface area contributed by atoms with Gasteiger partial charge in [0.25, 0.3) is 0 Å². The molecule has 0 atom stereocenters. The highest BCUT2D eigenvalue weighted by Crippen LogP contribution is 2.07. The lowest BCUT2D eigenvalue weighted by Gasteiger charge is -1.99. The number of halogens is 1. The van der Waals surface area contributed by atoms with Crippen molar-refractivity contribution in [3.05, 3.63) is 15.5 Å². The largest absolute Gasteiger partial charge is 0.385 e. The van der Waals surface area contributed by atoms with E-state index in [0.717, 1.165) is 23.3 Å². The van der Waals surface area contributed by atoms with Crippen molar-refractivity contribution in [3.8, 4) is 0 Å². The van der Waals surface area contributed by atoms with E-state index in [9.17, 15) is 0 Å². The third-order valence-electron chi connectivity index (χ3n) is 1.62. The summed E-state index contributed by atoms with van der Waals surface area (Å²) >= 11 is 2.24. The van der Waals surface area contributed by atoms with Crippen molar-refractivity contribution >= 4 is 22.6 Å². The molecular weight excluding hydrogens is 267 g/mol. The van der Waals surface area contributed by atoms with Gasteiger partial charge < -0.3 is 4.74 Å². The summed E-state index contributed by atoms with van der Waals surface area (Å²) in [5, 5.41) is 4.33. The molecular formula is C8H13IN2O. The van der Waals surface area contributed by atoms with E-state index in [0.29, 0.717) is 0 Å². The number of methoxy groups -OCH3 is 1. The van der Waals surface area contributed by atoms with E-state index in [1.165, 1.54) is 5.56 Å². The van der Waals surface area contributed by atoms with Gasteiger partial charge in [-0.25, -0.2) is 0 Å². The summed E-state index contributed by atoms with van der Waals surface area (Å²) < 4.78 is 8.01. The van der Waals surface area contributed by atoms with Crippen LogP contribution in [0.2, 0.25) is 0 Å². The first-order valence-electron chi connectivity index (χ1n) is 3.92. The van der Waals surface area contributed by atoms with Gasteiger partial charge in [0, 0.05) is 32.0 Å². The van der Waals surface area contributed by atoms with Crippen molar-refractivity contribution in [3.63, 3.8) is 0 Å². The predicted octanol–water partition coefficient (Wildman–Crippen LogP) is 1.83. The summed E-state index contributed by atoms with van der Waals surface area (Å²) in [6, 6.07) is 0. The average molecular weight is 280 g/mol. The number of aryl methyl sites for hydroxylation is 2. The average Bonchev–Trinajstić information content (AvgIpc) is 2.32. The van der Waals surface area contributed by atoms with Crippen molar-refractivity contribution in [2.45, 2.75) is 19.9 Å². The fourth-order valence-corrected chi connectivity index (χ4v) is 1.40. The van der Waals surface area contributed by atoms with E-state index >= 15 is 0 Å². The van der Waals surface area contributed by atoms with Gasteiger partial charge in [0.05, 0.1) is 0 Å². The molecule has 0 aliphatic rings. The van der Waals surface area contributed by atoms with Crippen LogP contribution < -0.4 is 0 Å². The van der Waals surface area contributed by atoms with Gasteiger partial charge in [-0.3, -0.25) is 4.68 Å². The molecule has 4 heteroatoms. The van der Waals surface area contributed by atoms with Crippen molar-refractivity contribution < 1.29 is 4.74 Å². The second kappa shape index (κ2) is 4.81. The normalized spacial score (nSPS) is 10.6. The minimum absolute atomic E-state index is 0.801. The molecule has 0 aliphatic carbocycles. The molecule has 0 bridgehead atoms. The Morgan fingerprint density at radius 2 is 2.42 bits per heavy atom. The maximum atomic E-state index is 4.96. The molecule has 0 radical (unpaired) electrons. The first kappa shape index (κ1) is 9.98. The SMILES string of the molecule is COCCCn1cc(C)c(I)n1. The summed E-state index contributed by atoms with van der Waals surface area (Å²) in [5.74, 6) is 0. The van der Waals surface area contributed by atoms with Gasteiger partial charge in [-0.2, -0.15) is 5.10 Å². The van der Waals surface area contributed by atoms with Gasteiger partial charge in [-0.05, 0) is 35.9 Å². The van der Waals surface area contributed by atoms with Gasteiger partial charge in [-0.15, -0.1) is 0 Å². The lowest BCUT2D eigenvalue weighted by molar-refractivity contribution is 0.189. The first-order valence-corrected chi connectivity index (χ1v) is 5.00. The summed E-state index contributed by atoms with van der Waals surface area (Å²) in [6.45, 7) is 3.81. The number of hydrogen-bond donors (Lipinski definition) is 0.